The maximum atomic E-state index is 12.1. The molecule has 2 fully saturated rings. The van der Waals surface area contributed by atoms with E-state index < -0.39 is 0 Å². The Morgan fingerprint density at radius 2 is 2.12 bits per heavy atom. The Labute approximate surface area is 102 Å². The zero-order valence-corrected chi connectivity index (χ0v) is 10.2. The number of carbonyl (C=O) groups excluding carboxylic acids is 2. The molecule has 0 saturated carbocycles. The van der Waals surface area contributed by atoms with Crippen molar-refractivity contribution in [1.82, 2.24) is 10.2 Å². The molecule has 2 unspecified atom stereocenters. The summed E-state index contributed by atoms with van der Waals surface area (Å²) in [6, 6.07) is 0.330. The highest BCUT2D eigenvalue weighted by Crippen LogP contribution is 2.18. The van der Waals surface area contributed by atoms with Gasteiger partial charge in [0.1, 0.15) is 0 Å². The van der Waals surface area contributed by atoms with Crippen molar-refractivity contribution >= 4 is 11.8 Å². The first-order chi connectivity index (χ1) is 8.16. The van der Waals surface area contributed by atoms with E-state index in [1.54, 1.807) is 4.90 Å². The van der Waals surface area contributed by atoms with Crippen molar-refractivity contribution in [2.24, 2.45) is 11.7 Å². The average Bonchev–Trinajstić information content (AvgIpc) is 2.82. The number of carbonyl (C=O) groups is 2. The summed E-state index contributed by atoms with van der Waals surface area (Å²) >= 11 is 0. The van der Waals surface area contributed by atoms with E-state index in [-0.39, 0.29) is 17.7 Å². The SMILES string of the molecule is NC(=O)C1CCCN(C(=O)CC2CCCN2)C1. The molecule has 2 saturated heterocycles. The van der Waals surface area contributed by atoms with Gasteiger partial charge in [0.15, 0.2) is 0 Å². The monoisotopic (exact) mass is 239 g/mol. The fourth-order valence-corrected chi connectivity index (χ4v) is 2.71. The van der Waals surface area contributed by atoms with Crippen LogP contribution in [0.4, 0.5) is 0 Å². The summed E-state index contributed by atoms with van der Waals surface area (Å²) in [5.41, 5.74) is 5.30. The van der Waals surface area contributed by atoms with Gasteiger partial charge in [-0.2, -0.15) is 0 Å². The lowest BCUT2D eigenvalue weighted by Crippen LogP contribution is -2.45. The Balaban J connectivity index is 1.83. The molecule has 0 bridgehead atoms. The van der Waals surface area contributed by atoms with Crippen molar-refractivity contribution < 1.29 is 9.59 Å². The van der Waals surface area contributed by atoms with E-state index in [1.807, 2.05) is 0 Å². The molecule has 17 heavy (non-hydrogen) atoms. The number of nitrogens with two attached hydrogens (primary N) is 1. The van der Waals surface area contributed by atoms with Crippen LogP contribution in [0, 0.1) is 5.92 Å². The van der Waals surface area contributed by atoms with E-state index in [1.165, 1.54) is 0 Å². The predicted molar refractivity (Wildman–Crippen MR) is 64.1 cm³/mol. The Morgan fingerprint density at radius 3 is 2.76 bits per heavy atom. The van der Waals surface area contributed by atoms with E-state index in [0.717, 1.165) is 38.8 Å². The predicted octanol–water partition coefficient (Wildman–Crippen LogP) is -0.148. The molecule has 5 heteroatoms. The van der Waals surface area contributed by atoms with Crippen molar-refractivity contribution in [3.05, 3.63) is 0 Å². The highest BCUT2D eigenvalue weighted by Gasteiger charge is 2.28. The highest BCUT2D eigenvalue weighted by molar-refractivity contribution is 5.80. The lowest BCUT2D eigenvalue weighted by atomic mass is 9.97. The van der Waals surface area contributed by atoms with Gasteiger partial charge in [-0.25, -0.2) is 0 Å². The lowest BCUT2D eigenvalue weighted by Gasteiger charge is -2.32. The molecular weight excluding hydrogens is 218 g/mol. The van der Waals surface area contributed by atoms with Gasteiger partial charge in [-0.3, -0.25) is 9.59 Å². The number of piperidine rings is 1. The molecule has 0 spiro atoms. The molecule has 0 aromatic carbocycles. The third-order valence-corrected chi connectivity index (χ3v) is 3.76. The van der Waals surface area contributed by atoms with Crippen LogP contribution in [0.5, 0.6) is 0 Å². The summed E-state index contributed by atoms with van der Waals surface area (Å²) in [5, 5.41) is 3.32. The number of rotatable bonds is 3. The molecule has 0 aromatic heterocycles. The minimum Gasteiger partial charge on any atom is -0.369 e. The van der Waals surface area contributed by atoms with Crippen LogP contribution in [0.2, 0.25) is 0 Å². The normalized spacial score (nSPS) is 29.3. The van der Waals surface area contributed by atoms with Crippen molar-refractivity contribution in [3.8, 4) is 0 Å². The molecule has 2 rings (SSSR count). The third-order valence-electron chi connectivity index (χ3n) is 3.76. The van der Waals surface area contributed by atoms with E-state index in [9.17, 15) is 9.59 Å². The first kappa shape index (κ1) is 12.4. The van der Waals surface area contributed by atoms with Gasteiger partial charge in [-0.05, 0) is 32.2 Å². The smallest absolute Gasteiger partial charge is 0.224 e. The Kier molecular flexibility index (Phi) is 3.99. The van der Waals surface area contributed by atoms with Gasteiger partial charge >= 0.3 is 0 Å². The first-order valence-corrected chi connectivity index (χ1v) is 6.47. The zero-order chi connectivity index (χ0) is 12.3. The van der Waals surface area contributed by atoms with Crippen LogP contribution in [0.25, 0.3) is 0 Å². The number of nitrogens with one attached hydrogen (secondary N) is 1. The summed E-state index contributed by atoms with van der Waals surface area (Å²) in [7, 11) is 0. The standard InChI is InChI=1S/C12H21N3O2/c13-12(17)9-3-2-6-15(8-9)11(16)7-10-4-1-5-14-10/h9-10,14H,1-8H2,(H2,13,17). The molecule has 2 amide bonds. The van der Waals surface area contributed by atoms with Gasteiger partial charge in [0, 0.05) is 25.6 Å². The number of nitrogens with zero attached hydrogens (tertiary/aromatic N) is 1. The maximum Gasteiger partial charge on any atom is 0.224 e. The van der Waals surface area contributed by atoms with Gasteiger partial charge in [0.2, 0.25) is 11.8 Å². The second kappa shape index (κ2) is 5.49. The Morgan fingerprint density at radius 1 is 1.29 bits per heavy atom. The molecular formula is C12H21N3O2. The molecule has 5 nitrogen and oxygen atoms in total. The minimum absolute atomic E-state index is 0.149. The summed E-state index contributed by atoms with van der Waals surface area (Å²) in [4.78, 5) is 25.0. The largest absolute Gasteiger partial charge is 0.369 e. The van der Waals surface area contributed by atoms with Gasteiger partial charge < -0.3 is 16.0 Å². The summed E-state index contributed by atoms with van der Waals surface area (Å²) < 4.78 is 0. The Bertz CT molecular complexity index is 300. The second-order valence-corrected chi connectivity index (χ2v) is 5.08. The molecule has 2 atom stereocenters. The average molecular weight is 239 g/mol. The maximum absolute atomic E-state index is 12.1. The molecule has 0 radical (unpaired) electrons. The van der Waals surface area contributed by atoms with Crippen molar-refractivity contribution in [2.75, 3.05) is 19.6 Å². The van der Waals surface area contributed by atoms with E-state index >= 15 is 0 Å². The number of amides is 2. The van der Waals surface area contributed by atoms with E-state index in [4.69, 9.17) is 5.73 Å². The fraction of sp³-hybridized carbons (Fsp3) is 0.833. The van der Waals surface area contributed by atoms with Gasteiger partial charge in [0.25, 0.3) is 0 Å². The van der Waals surface area contributed by atoms with Crippen LogP contribution in [0.1, 0.15) is 32.1 Å². The van der Waals surface area contributed by atoms with E-state index in [0.29, 0.717) is 19.0 Å². The number of hydrogen-bond acceptors (Lipinski definition) is 3. The number of primary amides is 1. The highest BCUT2D eigenvalue weighted by atomic mass is 16.2. The molecule has 0 aliphatic carbocycles. The molecule has 2 aliphatic heterocycles. The quantitative estimate of drug-likeness (QED) is 0.719. The molecule has 3 N–H and O–H groups in total. The zero-order valence-electron chi connectivity index (χ0n) is 10.2. The summed E-state index contributed by atoms with van der Waals surface area (Å²) in [6.45, 7) is 2.30. The molecule has 96 valence electrons. The van der Waals surface area contributed by atoms with Crippen LogP contribution in [-0.2, 0) is 9.59 Å². The summed E-state index contributed by atoms with van der Waals surface area (Å²) in [5.74, 6) is -0.263. The lowest BCUT2D eigenvalue weighted by molar-refractivity contribution is -0.135. The number of hydrogen-bond donors (Lipinski definition) is 2. The first-order valence-electron chi connectivity index (χ1n) is 6.47. The van der Waals surface area contributed by atoms with Crippen LogP contribution in [-0.4, -0.2) is 42.4 Å². The Hall–Kier alpha value is -1.10. The molecule has 2 aliphatic rings. The fourth-order valence-electron chi connectivity index (χ4n) is 2.71. The van der Waals surface area contributed by atoms with Crippen LogP contribution in [0.3, 0.4) is 0 Å². The minimum atomic E-state index is -0.276. The topological polar surface area (TPSA) is 75.4 Å². The van der Waals surface area contributed by atoms with Crippen LogP contribution >= 0.6 is 0 Å². The molecule has 0 aromatic rings. The second-order valence-electron chi connectivity index (χ2n) is 5.08. The van der Waals surface area contributed by atoms with Crippen molar-refractivity contribution in [1.29, 1.82) is 0 Å². The third kappa shape index (κ3) is 3.19. The van der Waals surface area contributed by atoms with Crippen molar-refractivity contribution in [2.45, 2.75) is 38.1 Å². The van der Waals surface area contributed by atoms with Gasteiger partial charge in [0.05, 0.1) is 5.92 Å². The van der Waals surface area contributed by atoms with Gasteiger partial charge in [-0.15, -0.1) is 0 Å². The van der Waals surface area contributed by atoms with Crippen molar-refractivity contribution in [3.63, 3.8) is 0 Å². The van der Waals surface area contributed by atoms with Gasteiger partial charge in [-0.1, -0.05) is 0 Å². The van der Waals surface area contributed by atoms with Crippen LogP contribution in [0.15, 0.2) is 0 Å². The molecule has 2 heterocycles. The number of likely N-dealkylation sites (tertiary alicyclic amines) is 1. The van der Waals surface area contributed by atoms with E-state index in [2.05, 4.69) is 5.32 Å². The summed E-state index contributed by atoms with van der Waals surface area (Å²) in [6.07, 6.45) is 4.50. The van der Waals surface area contributed by atoms with Crippen LogP contribution < -0.4 is 11.1 Å².